The molecule has 0 aliphatic carbocycles. The number of benzene rings is 2. The molecule has 30 nitrogen and oxygen atoms in total. The summed E-state index contributed by atoms with van der Waals surface area (Å²) in [5.41, 5.74) is 2.26. The zero-order valence-corrected chi connectivity index (χ0v) is 46.0. The third kappa shape index (κ3) is 13.7. The molecule has 6 amide bonds. The van der Waals surface area contributed by atoms with Crippen molar-refractivity contribution in [3.63, 3.8) is 0 Å². The highest BCUT2D eigenvalue weighted by Crippen LogP contribution is 2.40. The lowest BCUT2D eigenvalue weighted by Gasteiger charge is -2.47. The van der Waals surface area contributed by atoms with Crippen molar-refractivity contribution in [1.82, 2.24) is 41.6 Å². The summed E-state index contributed by atoms with van der Waals surface area (Å²) in [6, 6.07) is 13.2. The number of carbonyl (C=O) groups is 7. The zero-order valence-electron chi connectivity index (χ0n) is 47.0. The van der Waals surface area contributed by atoms with E-state index in [0.29, 0.717) is 28.2 Å². The summed E-state index contributed by atoms with van der Waals surface area (Å²) in [5, 5.41) is 95.8. The van der Waals surface area contributed by atoms with E-state index in [4.69, 9.17) is 34.6 Å². The number of aromatic amines is 1. The first-order valence-electron chi connectivity index (χ1n) is 28.2. The molecule has 12 N–H and O–H groups in total. The second-order valence-electron chi connectivity index (χ2n) is 21.8. The van der Waals surface area contributed by atoms with Gasteiger partial charge in [-0.3, -0.25) is 38.7 Å². The van der Waals surface area contributed by atoms with Crippen LogP contribution in [0, 0.1) is 5.41 Å². The average molecular weight is 1180 g/mol. The van der Waals surface area contributed by atoms with Gasteiger partial charge in [-0.25, -0.2) is 0 Å². The molecule has 1 aromatic heterocycles. The van der Waals surface area contributed by atoms with E-state index in [1.807, 2.05) is 24.3 Å². The fourth-order valence-corrected chi connectivity index (χ4v) is 10.8. The Morgan fingerprint density at radius 2 is 1.38 bits per heavy atom. The van der Waals surface area contributed by atoms with Gasteiger partial charge in [0.05, 0.1) is 49.2 Å². The van der Waals surface area contributed by atoms with Crippen molar-refractivity contribution < 1.29 is 104 Å². The van der Waals surface area contributed by atoms with Crippen LogP contribution in [0.1, 0.15) is 57.9 Å². The topological polar surface area (TPSA) is 422 Å². The smallest absolute Gasteiger partial charge is 0.314 e. The van der Waals surface area contributed by atoms with Gasteiger partial charge in [0.1, 0.15) is 85.6 Å². The molecule has 0 radical (unpaired) electrons. The van der Waals surface area contributed by atoms with Crippen molar-refractivity contribution >= 4 is 47.1 Å². The quantitative estimate of drug-likeness (QED) is 0.0307. The molecule has 3 aromatic rings. The van der Waals surface area contributed by atoms with Crippen LogP contribution in [0.2, 0.25) is 1.41 Å². The minimum atomic E-state index is -1.80. The van der Waals surface area contributed by atoms with Gasteiger partial charge in [-0.15, -0.1) is 5.10 Å². The van der Waals surface area contributed by atoms with Crippen molar-refractivity contribution in [2.24, 2.45) is 5.41 Å². The van der Waals surface area contributed by atoms with Gasteiger partial charge in [-0.1, -0.05) is 47.7 Å². The number of nitrogens with one attached hydrogen (secondary N) is 5. The zero-order chi connectivity index (χ0) is 60.9. The molecule has 30 heteroatoms. The number of ether oxygens (including phenoxy) is 7. The van der Waals surface area contributed by atoms with E-state index in [9.17, 15) is 69.3 Å². The molecule has 12 rings (SSSR count). The average Bonchev–Trinajstić information content (AvgIpc) is 2.39. The number of carbonyl (C=O) groups excluding carboxylic acids is 7. The van der Waals surface area contributed by atoms with Crippen LogP contribution in [0.4, 0.5) is 5.69 Å². The Hall–Kier alpha value is -6.65. The minimum absolute atomic E-state index is 0.0344. The first-order chi connectivity index (χ1) is 40.6. The molecule has 0 unspecified atom stereocenters. The van der Waals surface area contributed by atoms with Crippen molar-refractivity contribution in [2.75, 3.05) is 57.6 Å². The highest BCUT2D eigenvalue weighted by atomic mass is 16.7. The van der Waals surface area contributed by atoms with E-state index >= 15 is 0 Å². The molecular formula is C54H71N9O21. The summed E-state index contributed by atoms with van der Waals surface area (Å²) in [7, 11) is 0. The molecular weight excluding hydrogens is 1110 g/mol. The summed E-state index contributed by atoms with van der Waals surface area (Å²) in [4.78, 5) is 93.4. The number of aliphatic hydroxyl groups excluding tert-OH is 7. The normalized spacial score (nSPS) is 30.5. The number of aromatic nitrogens is 3. The summed E-state index contributed by atoms with van der Waals surface area (Å²) in [6.07, 6.45) is -22.6. The van der Waals surface area contributed by atoms with Crippen molar-refractivity contribution in [3.05, 3.63) is 54.1 Å². The Bertz CT molecular complexity index is 2920. The molecule has 9 aliphatic rings. The van der Waals surface area contributed by atoms with Gasteiger partial charge in [-0.2, -0.15) is 0 Å². The summed E-state index contributed by atoms with van der Waals surface area (Å²) < 4.78 is 49.1. The Balaban J connectivity index is 0.719. The molecule has 10 heterocycles. The number of hydrogen-bond donors (Lipinski definition) is 12. The van der Waals surface area contributed by atoms with Gasteiger partial charge in [-0.05, 0) is 38.3 Å². The minimum Gasteiger partial charge on any atom is -0.463 e. The lowest BCUT2D eigenvalue weighted by Crippen LogP contribution is -2.68. The highest BCUT2D eigenvalue weighted by Gasteiger charge is 2.56. The molecule has 15 atom stereocenters. The van der Waals surface area contributed by atoms with E-state index in [-0.39, 0.29) is 97.0 Å². The Labute approximate surface area is 481 Å². The summed E-state index contributed by atoms with van der Waals surface area (Å²) in [6.45, 7) is 1.69. The van der Waals surface area contributed by atoms with E-state index in [1.165, 1.54) is 13.8 Å². The predicted octanol–water partition coefficient (Wildman–Crippen LogP) is -4.30. The Morgan fingerprint density at radius 3 is 2.15 bits per heavy atom. The fourth-order valence-electron chi connectivity index (χ4n) is 10.8. The van der Waals surface area contributed by atoms with Crippen LogP contribution >= 0.6 is 0 Å². The lowest BCUT2D eigenvalue weighted by atomic mass is 9.87. The van der Waals surface area contributed by atoms with Crippen LogP contribution < -0.4 is 26.2 Å². The van der Waals surface area contributed by atoms with Gasteiger partial charge >= 0.3 is 17.8 Å². The maximum atomic E-state index is 13.8. The van der Waals surface area contributed by atoms with Crippen molar-refractivity contribution in [2.45, 2.75) is 151 Å². The molecule has 4 bridgehead atoms. The molecule has 84 heavy (non-hydrogen) atoms. The fraction of sp³-hybridized carbons (Fsp3) is 0.611. The molecule has 9 aliphatic heterocycles. The van der Waals surface area contributed by atoms with Crippen LogP contribution in [0.3, 0.4) is 0 Å². The number of nitrogens with zero attached hydrogens (tertiary/aromatic N) is 4. The van der Waals surface area contributed by atoms with Crippen molar-refractivity contribution in [3.8, 4) is 22.5 Å². The number of anilines is 1. The van der Waals surface area contributed by atoms with Crippen LogP contribution in [0.5, 0.6) is 0 Å². The van der Waals surface area contributed by atoms with Gasteiger partial charge in [0, 0.05) is 63.1 Å². The first-order valence-corrected chi connectivity index (χ1v) is 27.7. The molecule has 0 saturated carbocycles. The van der Waals surface area contributed by atoms with E-state index in [2.05, 4.69) is 31.6 Å². The van der Waals surface area contributed by atoms with Gasteiger partial charge in [0.15, 0.2) is 14.0 Å². The number of rotatable bonds is 19. The van der Waals surface area contributed by atoms with Crippen LogP contribution in [-0.4, -0.2) is 242 Å². The van der Waals surface area contributed by atoms with Gasteiger partial charge < -0.3 is 100.0 Å². The van der Waals surface area contributed by atoms with E-state index < -0.39 is 139 Å². The van der Waals surface area contributed by atoms with Crippen molar-refractivity contribution in [1.29, 1.82) is 0 Å². The number of piperidine rings is 1. The summed E-state index contributed by atoms with van der Waals surface area (Å²) >= 11 is 0. The molecule has 2 aromatic carbocycles. The number of hydrogen-bond acceptors (Lipinski definition) is 23. The number of fused-ring (bicyclic) bond motifs is 6. The SMILES string of the molecule is [3H]n1nnc2c1-c1ccccc1CN(C(=O)CCC(=O)NCCOCCC(=O)NC[C@H]1O[C@@H]3O[C@H]4[C@H](O)[C@@H](O)[C@@H](OCCCO[C@H]1[C@H](O)[C@H]3O)O[C@@H]4CNC(=O)CCC(C)(C)C(=O)OC[C@@H]1[C@@H](O)[C@H](O)[C@H](O)[C@H]3NC(=O)C(=O)N13)c1ccccc1-2. The van der Waals surface area contributed by atoms with E-state index in [1.54, 1.807) is 29.2 Å². The van der Waals surface area contributed by atoms with Gasteiger partial charge in [0.25, 0.3) is 0 Å². The second kappa shape index (κ2) is 27.2. The number of para-hydroxylation sites is 1. The third-order valence-electron chi connectivity index (χ3n) is 15.6. The largest absolute Gasteiger partial charge is 0.463 e. The predicted molar refractivity (Wildman–Crippen MR) is 283 cm³/mol. The van der Waals surface area contributed by atoms with E-state index in [0.717, 1.165) is 15.6 Å². The molecule has 8 fully saturated rings. The monoisotopic (exact) mass is 1180 g/mol. The standard InChI is InChI=1S/C54H71N9O21/c1-54(2,53(77)81-25-30-39(68)40(69)43(72)48-58-49(75)50(76)63(30)48)16-14-34(65)56-23-32-47-42(71)44(73)51(82-32)80-19-7-18-79-46-31(83-52(84-47)45(74)41(46)70)22-57-35(66)15-20-78-21-17-55-33(64)12-13-36(67)62-24-26-8-3-4-9-27(26)37-38(60-61-59-37)28-10-5-6-11-29(28)62/h3-6,8-11,30-32,39-48,51-52,68-74H,7,12-25H2,1-2H3,(H,55,64)(H,56,65)(H,57,66)(H,58,75)(H,59,60,61)/t30-,31-,32-,39-,40+,41-,42-,43+,44-,45-,46-,47-,48+,51+,52-/m1/s1/i/hT. The van der Waals surface area contributed by atoms with Crippen LogP contribution in [0.25, 0.3) is 22.5 Å². The Kier molecular flexibility index (Phi) is 19.5. The van der Waals surface area contributed by atoms with Gasteiger partial charge in [0.2, 0.25) is 23.6 Å². The third-order valence-corrected chi connectivity index (χ3v) is 15.6. The van der Waals surface area contributed by atoms with Crippen LogP contribution in [-0.2, 0) is 73.3 Å². The molecule has 0 spiro atoms. The second-order valence-corrected chi connectivity index (χ2v) is 21.8. The maximum absolute atomic E-state index is 13.8. The molecule has 458 valence electrons. The molecule has 8 saturated heterocycles. The number of esters is 1. The Morgan fingerprint density at radius 1 is 0.726 bits per heavy atom. The lowest BCUT2D eigenvalue weighted by molar-refractivity contribution is -0.359. The number of amides is 6. The summed E-state index contributed by atoms with van der Waals surface area (Å²) in [5.74, 6) is -4.88. The maximum Gasteiger partial charge on any atom is 0.314 e. The number of H-pyrrole nitrogens is 1. The first kappa shape index (κ1) is 60.5. The van der Waals surface area contributed by atoms with Crippen LogP contribution in [0.15, 0.2) is 48.5 Å². The highest BCUT2D eigenvalue weighted by molar-refractivity contribution is 6.37. The number of aliphatic hydroxyl groups is 7.